The van der Waals surface area contributed by atoms with Gasteiger partial charge in [0.05, 0.1) is 12.7 Å². The highest BCUT2D eigenvalue weighted by molar-refractivity contribution is 6.07. The van der Waals surface area contributed by atoms with Crippen LogP contribution >= 0.6 is 0 Å². The van der Waals surface area contributed by atoms with Gasteiger partial charge in [0.25, 0.3) is 0 Å². The van der Waals surface area contributed by atoms with Crippen molar-refractivity contribution >= 4 is 17.5 Å². The molecule has 3 aromatic rings. The van der Waals surface area contributed by atoms with Crippen molar-refractivity contribution < 1.29 is 13.9 Å². The molecule has 0 aliphatic carbocycles. The maximum absolute atomic E-state index is 14.4. The molecule has 1 aliphatic heterocycles. The quantitative estimate of drug-likeness (QED) is 0.374. The van der Waals surface area contributed by atoms with E-state index in [1.54, 1.807) is 12.1 Å². The van der Waals surface area contributed by atoms with E-state index >= 15 is 0 Å². The highest BCUT2D eigenvalue weighted by atomic mass is 19.1. The second kappa shape index (κ2) is 10.0. The summed E-state index contributed by atoms with van der Waals surface area (Å²) >= 11 is 0. The molecule has 1 fully saturated rings. The second-order valence-electron chi connectivity index (χ2n) is 8.42. The number of aryl methyl sites for hydroxylation is 1. The van der Waals surface area contributed by atoms with E-state index in [0.29, 0.717) is 5.75 Å². The predicted molar refractivity (Wildman–Crippen MR) is 133 cm³/mol. The maximum atomic E-state index is 14.4. The summed E-state index contributed by atoms with van der Waals surface area (Å²) < 4.78 is 19.4. The van der Waals surface area contributed by atoms with Gasteiger partial charge in [0.1, 0.15) is 11.6 Å². The van der Waals surface area contributed by atoms with Gasteiger partial charge >= 0.3 is 0 Å². The summed E-state index contributed by atoms with van der Waals surface area (Å²) in [5.74, 6) is -0.575. The monoisotopic (exact) mass is 444 g/mol. The number of benzene rings is 3. The zero-order chi connectivity index (χ0) is 23.4. The molecule has 0 amide bonds. The maximum Gasteiger partial charge on any atom is 0.188 e. The summed E-state index contributed by atoms with van der Waals surface area (Å²) in [6.45, 7) is 5.90. The Labute approximate surface area is 194 Å². The molecule has 1 heterocycles. The number of piperazine rings is 1. The zero-order valence-corrected chi connectivity index (χ0v) is 19.3. The lowest BCUT2D eigenvalue weighted by Gasteiger charge is -2.35. The Morgan fingerprint density at radius 3 is 2.45 bits per heavy atom. The summed E-state index contributed by atoms with van der Waals surface area (Å²) in [6, 6.07) is 18.9. The fraction of sp³-hybridized carbons (Fsp3) is 0.250. The highest BCUT2D eigenvalue weighted by Gasteiger charge is 2.18. The van der Waals surface area contributed by atoms with Crippen molar-refractivity contribution in [1.29, 1.82) is 0 Å². The van der Waals surface area contributed by atoms with Crippen LogP contribution in [0.4, 0.5) is 10.1 Å². The molecule has 5 heteroatoms. The van der Waals surface area contributed by atoms with Crippen LogP contribution in [0.1, 0.15) is 21.5 Å². The Morgan fingerprint density at radius 2 is 1.76 bits per heavy atom. The van der Waals surface area contributed by atoms with Crippen LogP contribution in [0, 0.1) is 12.7 Å². The number of rotatable bonds is 6. The van der Waals surface area contributed by atoms with E-state index in [2.05, 4.69) is 54.1 Å². The molecule has 0 aromatic heterocycles. The average molecular weight is 445 g/mol. The van der Waals surface area contributed by atoms with Crippen LogP contribution in [0.3, 0.4) is 0 Å². The van der Waals surface area contributed by atoms with Crippen molar-refractivity contribution in [2.45, 2.75) is 6.92 Å². The van der Waals surface area contributed by atoms with Gasteiger partial charge in [-0.05, 0) is 72.6 Å². The largest absolute Gasteiger partial charge is 0.497 e. The summed E-state index contributed by atoms with van der Waals surface area (Å²) in [6.07, 6.45) is 3.27. The molecule has 0 radical (unpaired) electrons. The summed E-state index contributed by atoms with van der Waals surface area (Å²) in [5, 5.41) is 0. The molecule has 0 spiro atoms. The first kappa shape index (κ1) is 22.7. The standard InChI is InChI=1S/C28H29FN2O2/c1-20-6-4-5-7-24(20)21-8-12-27(31-16-14-30(2)15-17-31)22(18-21)9-13-28(32)25-11-10-23(33-3)19-26(25)29/h4-13,18-19H,14-17H2,1-3H3. The molecule has 4 nitrogen and oxygen atoms in total. The second-order valence-corrected chi connectivity index (χ2v) is 8.42. The molecule has 0 bridgehead atoms. The Bertz CT molecular complexity index is 1180. The van der Waals surface area contributed by atoms with Crippen LogP contribution in [0.15, 0.2) is 66.7 Å². The number of methoxy groups -OCH3 is 1. The summed E-state index contributed by atoms with van der Waals surface area (Å²) in [4.78, 5) is 17.4. The molecule has 0 N–H and O–H groups in total. The number of nitrogens with zero attached hydrogens (tertiary/aromatic N) is 2. The van der Waals surface area contributed by atoms with Crippen LogP contribution in [0.2, 0.25) is 0 Å². The molecule has 1 saturated heterocycles. The molecule has 4 rings (SSSR count). The van der Waals surface area contributed by atoms with Gasteiger partial charge in [0, 0.05) is 37.9 Å². The molecular formula is C28H29FN2O2. The molecule has 0 atom stereocenters. The van der Waals surface area contributed by atoms with E-state index in [9.17, 15) is 9.18 Å². The van der Waals surface area contributed by atoms with Crippen LogP contribution in [0.5, 0.6) is 5.75 Å². The number of carbonyl (C=O) groups is 1. The third-order valence-electron chi connectivity index (χ3n) is 6.18. The molecule has 1 aliphatic rings. The van der Waals surface area contributed by atoms with E-state index in [1.165, 1.54) is 30.9 Å². The fourth-order valence-electron chi connectivity index (χ4n) is 4.17. The number of likely N-dealkylation sites (N-methyl/N-ethyl adjacent to an activating group) is 1. The highest BCUT2D eigenvalue weighted by Crippen LogP contribution is 2.31. The minimum absolute atomic E-state index is 0.0308. The smallest absolute Gasteiger partial charge is 0.188 e. The molecular weight excluding hydrogens is 415 g/mol. The predicted octanol–water partition coefficient (Wildman–Crippen LogP) is 5.46. The summed E-state index contributed by atoms with van der Waals surface area (Å²) in [5.41, 5.74) is 5.50. The molecule has 170 valence electrons. The number of allylic oxidation sites excluding steroid dienone is 1. The number of hydrogen-bond acceptors (Lipinski definition) is 4. The third kappa shape index (κ3) is 5.15. The van der Waals surface area contributed by atoms with Gasteiger partial charge in [-0.3, -0.25) is 4.79 Å². The van der Waals surface area contributed by atoms with Crippen molar-refractivity contribution in [1.82, 2.24) is 4.90 Å². The Kier molecular flexibility index (Phi) is 6.90. The lowest BCUT2D eigenvalue weighted by Crippen LogP contribution is -2.44. The van der Waals surface area contributed by atoms with Crippen LogP contribution in [-0.4, -0.2) is 51.0 Å². The number of hydrogen-bond donors (Lipinski definition) is 0. The SMILES string of the molecule is COc1ccc(C(=O)C=Cc2cc(-c3ccccc3C)ccc2N2CCN(C)CC2)c(F)c1. The lowest BCUT2D eigenvalue weighted by molar-refractivity contribution is 0.104. The fourth-order valence-corrected chi connectivity index (χ4v) is 4.17. The van der Waals surface area contributed by atoms with Gasteiger partial charge in [0.15, 0.2) is 5.78 Å². The van der Waals surface area contributed by atoms with E-state index in [1.807, 2.05) is 12.1 Å². The Morgan fingerprint density at radius 1 is 1.00 bits per heavy atom. The Balaban J connectivity index is 1.70. The Hall–Kier alpha value is -3.44. The molecule has 33 heavy (non-hydrogen) atoms. The third-order valence-corrected chi connectivity index (χ3v) is 6.18. The van der Waals surface area contributed by atoms with Crippen molar-refractivity contribution in [3.8, 4) is 16.9 Å². The lowest BCUT2D eigenvalue weighted by atomic mass is 9.97. The first-order valence-corrected chi connectivity index (χ1v) is 11.2. The number of carbonyl (C=O) groups excluding carboxylic acids is 1. The minimum Gasteiger partial charge on any atom is -0.497 e. The van der Waals surface area contributed by atoms with Crippen molar-refractivity contribution in [3.63, 3.8) is 0 Å². The normalized spacial score (nSPS) is 14.6. The van der Waals surface area contributed by atoms with E-state index in [-0.39, 0.29) is 11.3 Å². The van der Waals surface area contributed by atoms with Gasteiger partial charge in [-0.1, -0.05) is 30.3 Å². The number of halogens is 1. The first-order valence-electron chi connectivity index (χ1n) is 11.2. The molecule has 0 saturated carbocycles. The average Bonchev–Trinajstić information content (AvgIpc) is 2.83. The van der Waals surface area contributed by atoms with Gasteiger partial charge in [0.2, 0.25) is 0 Å². The topological polar surface area (TPSA) is 32.8 Å². The number of ketones is 1. The van der Waals surface area contributed by atoms with Crippen LogP contribution in [-0.2, 0) is 0 Å². The van der Waals surface area contributed by atoms with E-state index < -0.39 is 5.82 Å². The zero-order valence-electron chi connectivity index (χ0n) is 19.3. The van der Waals surface area contributed by atoms with E-state index in [0.717, 1.165) is 48.6 Å². The first-order chi connectivity index (χ1) is 16.0. The van der Waals surface area contributed by atoms with Gasteiger partial charge < -0.3 is 14.5 Å². The van der Waals surface area contributed by atoms with Crippen molar-refractivity contribution in [2.24, 2.45) is 0 Å². The van der Waals surface area contributed by atoms with Gasteiger partial charge in [-0.15, -0.1) is 0 Å². The van der Waals surface area contributed by atoms with Crippen molar-refractivity contribution in [3.05, 3.63) is 89.2 Å². The van der Waals surface area contributed by atoms with Crippen LogP contribution < -0.4 is 9.64 Å². The number of ether oxygens (including phenoxy) is 1. The molecule has 3 aromatic carbocycles. The summed E-state index contributed by atoms with van der Waals surface area (Å²) in [7, 11) is 3.60. The van der Waals surface area contributed by atoms with Gasteiger partial charge in [-0.25, -0.2) is 4.39 Å². The van der Waals surface area contributed by atoms with Crippen LogP contribution in [0.25, 0.3) is 17.2 Å². The molecule has 0 unspecified atom stereocenters. The van der Waals surface area contributed by atoms with Gasteiger partial charge in [-0.2, -0.15) is 0 Å². The van der Waals surface area contributed by atoms with E-state index in [4.69, 9.17) is 4.74 Å². The van der Waals surface area contributed by atoms with Crippen molar-refractivity contribution in [2.75, 3.05) is 45.2 Å². The number of anilines is 1. The minimum atomic E-state index is -0.586.